The Morgan fingerprint density at radius 2 is 2.10 bits per heavy atom. The number of carbonyl (C=O) groups is 2. The number of hydrogen-bond donors (Lipinski definition) is 1. The Morgan fingerprint density at radius 3 is 2.83 bits per heavy atom. The topological polar surface area (TPSA) is 85.7 Å². The Bertz CT molecular complexity index is 918. The molecular formula is C20H24F2N4O4. The molecule has 1 saturated heterocycles. The van der Waals surface area contributed by atoms with Gasteiger partial charge in [0, 0.05) is 38.7 Å². The van der Waals surface area contributed by atoms with Crippen LogP contribution in [0.3, 0.4) is 0 Å². The number of nitrogens with zero attached hydrogens (tertiary/aromatic N) is 3. The zero-order valence-corrected chi connectivity index (χ0v) is 16.9. The number of morpholine rings is 1. The number of hydrogen-bond acceptors (Lipinski definition) is 5. The zero-order valence-electron chi connectivity index (χ0n) is 16.9. The summed E-state index contributed by atoms with van der Waals surface area (Å²) in [6.07, 6.45) is 0.132. The second-order valence-electron chi connectivity index (χ2n) is 6.97. The predicted octanol–water partition coefficient (Wildman–Crippen LogP) is 1.36. The molecule has 1 fully saturated rings. The molecule has 2 aromatic rings. The molecule has 1 N–H and O–H groups in total. The first kappa shape index (κ1) is 21.7. The van der Waals surface area contributed by atoms with Gasteiger partial charge < -0.3 is 19.7 Å². The number of carbonyl (C=O) groups excluding carboxylic acids is 2. The van der Waals surface area contributed by atoms with Crippen LogP contribution >= 0.6 is 0 Å². The van der Waals surface area contributed by atoms with Gasteiger partial charge >= 0.3 is 0 Å². The van der Waals surface area contributed by atoms with E-state index in [0.29, 0.717) is 31.8 Å². The highest BCUT2D eigenvalue weighted by Gasteiger charge is 2.27. The third kappa shape index (κ3) is 5.53. The monoisotopic (exact) mass is 422 g/mol. The molecular weight excluding hydrogens is 398 g/mol. The predicted molar refractivity (Wildman–Crippen MR) is 103 cm³/mol. The first-order valence-corrected chi connectivity index (χ1v) is 9.58. The quantitative estimate of drug-likeness (QED) is 0.728. The molecule has 162 valence electrons. The van der Waals surface area contributed by atoms with Gasteiger partial charge in [0.2, 0.25) is 11.8 Å². The molecule has 3 rings (SSSR count). The summed E-state index contributed by atoms with van der Waals surface area (Å²) in [7, 11) is 1.79. The maximum absolute atomic E-state index is 13.2. The van der Waals surface area contributed by atoms with Crippen LogP contribution in [0.15, 0.2) is 24.3 Å². The fourth-order valence-electron chi connectivity index (χ4n) is 3.13. The third-order valence-electron chi connectivity index (χ3n) is 4.75. The second kappa shape index (κ2) is 9.66. The van der Waals surface area contributed by atoms with Crippen LogP contribution in [-0.4, -0.2) is 59.3 Å². The highest BCUT2D eigenvalue weighted by molar-refractivity contribution is 5.83. The molecule has 2 amide bonds. The number of benzene rings is 1. The standard InChI is InChI=1S/C20H24F2N4O4/c1-13(27)23-11-20(28)26-6-8-30-19(12-26)18-9-14(25(2)24-18)5-7-29-15-3-4-16(21)17(22)10-15/h3-4,9-10,19H,5-8,11-12H2,1-2H3,(H,23,27). The molecule has 8 nitrogen and oxygen atoms in total. The lowest BCUT2D eigenvalue weighted by atomic mass is 10.2. The summed E-state index contributed by atoms with van der Waals surface area (Å²) < 4.78 is 39.2. The summed E-state index contributed by atoms with van der Waals surface area (Å²) in [5, 5.41) is 6.98. The number of halogens is 2. The van der Waals surface area contributed by atoms with Gasteiger partial charge in [0.15, 0.2) is 11.6 Å². The third-order valence-corrected chi connectivity index (χ3v) is 4.75. The SMILES string of the molecule is CC(=O)NCC(=O)N1CCOC(c2cc(CCOc3ccc(F)c(F)c3)n(C)n2)C1. The summed E-state index contributed by atoms with van der Waals surface area (Å²) in [6, 6.07) is 5.27. The summed E-state index contributed by atoms with van der Waals surface area (Å²) in [5.41, 5.74) is 1.57. The fourth-order valence-corrected chi connectivity index (χ4v) is 3.13. The molecule has 30 heavy (non-hydrogen) atoms. The van der Waals surface area contributed by atoms with Crippen molar-refractivity contribution in [3.05, 3.63) is 47.3 Å². The molecule has 0 spiro atoms. The number of aryl methyl sites for hydroxylation is 1. The fraction of sp³-hybridized carbons (Fsp3) is 0.450. The van der Waals surface area contributed by atoms with E-state index in [0.717, 1.165) is 17.8 Å². The summed E-state index contributed by atoms with van der Waals surface area (Å²) in [6.45, 7) is 2.76. The van der Waals surface area contributed by atoms with Crippen LogP contribution in [0, 0.1) is 11.6 Å². The number of nitrogens with one attached hydrogen (secondary N) is 1. The second-order valence-corrected chi connectivity index (χ2v) is 6.97. The van der Waals surface area contributed by atoms with Gasteiger partial charge in [0.25, 0.3) is 0 Å². The van der Waals surface area contributed by atoms with Crippen molar-refractivity contribution in [1.29, 1.82) is 0 Å². The van der Waals surface area contributed by atoms with Gasteiger partial charge in [-0.05, 0) is 18.2 Å². The summed E-state index contributed by atoms with van der Waals surface area (Å²) in [4.78, 5) is 24.9. The maximum Gasteiger partial charge on any atom is 0.242 e. The van der Waals surface area contributed by atoms with Crippen LogP contribution in [0.2, 0.25) is 0 Å². The van der Waals surface area contributed by atoms with E-state index in [9.17, 15) is 18.4 Å². The Hall–Kier alpha value is -3.01. The lowest BCUT2D eigenvalue weighted by Gasteiger charge is -2.32. The molecule has 1 atom stereocenters. The van der Waals surface area contributed by atoms with Crippen molar-refractivity contribution in [2.75, 3.05) is 32.8 Å². The molecule has 0 saturated carbocycles. The van der Waals surface area contributed by atoms with Crippen molar-refractivity contribution in [2.45, 2.75) is 19.4 Å². The van der Waals surface area contributed by atoms with E-state index in [2.05, 4.69) is 10.4 Å². The summed E-state index contributed by atoms with van der Waals surface area (Å²) in [5.74, 6) is -2.05. The van der Waals surface area contributed by atoms with Crippen LogP contribution in [0.25, 0.3) is 0 Å². The van der Waals surface area contributed by atoms with Crippen molar-refractivity contribution in [3.8, 4) is 5.75 Å². The van der Waals surface area contributed by atoms with E-state index in [-0.39, 0.29) is 36.8 Å². The van der Waals surface area contributed by atoms with Crippen molar-refractivity contribution in [3.63, 3.8) is 0 Å². The highest BCUT2D eigenvalue weighted by atomic mass is 19.2. The van der Waals surface area contributed by atoms with E-state index < -0.39 is 11.6 Å². The first-order valence-electron chi connectivity index (χ1n) is 9.58. The van der Waals surface area contributed by atoms with E-state index in [4.69, 9.17) is 9.47 Å². The molecule has 1 aliphatic rings. The Morgan fingerprint density at radius 1 is 1.30 bits per heavy atom. The number of amides is 2. The van der Waals surface area contributed by atoms with Gasteiger partial charge in [0.05, 0.1) is 32.0 Å². The Labute approximate surface area is 172 Å². The average molecular weight is 422 g/mol. The van der Waals surface area contributed by atoms with Crippen LogP contribution in [0.1, 0.15) is 24.4 Å². The van der Waals surface area contributed by atoms with Gasteiger partial charge in [-0.2, -0.15) is 5.10 Å². The number of aromatic nitrogens is 2. The molecule has 0 radical (unpaired) electrons. The lowest BCUT2D eigenvalue weighted by molar-refractivity contribution is -0.139. The molecule has 1 aromatic heterocycles. The molecule has 0 bridgehead atoms. The lowest BCUT2D eigenvalue weighted by Crippen LogP contribution is -2.46. The normalized spacial score (nSPS) is 16.4. The van der Waals surface area contributed by atoms with E-state index in [1.807, 2.05) is 6.07 Å². The van der Waals surface area contributed by atoms with E-state index >= 15 is 0 Å². The Balaban J connectivity index is 1.56. The van der Waals surface area contributed by atoms with Gasteiger partial charge in [0.1, 0.15) is 11.9 Å². The molecule has 1 aromatic carbocycles. The minimum Gasteiger partial charge on any atom is -0.493 e. The average Bonchev–Trinajstić information content (AvgIpc) is 3.09. The van der Waals surface area contributed by atoms with Crippen LogP contribution in [0.4, 0.5) is 8.78 Å². The molecule has 1 aliphatic heterocycles. The highest BCUT2D eigenvalue weighted by Crippen LogP contribution is 2.22. The zero-order chi connectivity index (χ0) is 21.7. The number of ether oxygens (including phenoxy) is 2. The maximum atomic E-state index is 13.2. The molecule has 0 aliphatic carbocycles. The molecule has 2 heterocycles. The van der Waals surface area contributed by atoms with Crippen molar-refractivity contribution < 1.29 is 27.8 Å². The van der Waals surface area contributed by atoms with Crippen LogP contribution in [-0.2, 0) is 27.8 Å². The first-order chi connectivity index (χ1) is 14.3. The van der Waals surface area contributed by atoms with E-state index in [1.165, 1.54) is 13.0 Å². The van der Waals surface area contributed by atoms with Crippen LogP contribution in [0.5, 0.6) is 5.75 Å². The summed E-state index contributed by atoms with van der Waals surface area (Å²) >= 11 is 0. The molecule has 1 unspecified atom stereocenters. The number of rotatable bonds is 7. The van der Waals surface area contributed by atoms with Crippen LogP contribution < -0.4 is 10.1 Å². The largest absolute Gasteiger partial charge is 0.493 e. The van der Waals surface area contributed by atoms with Gasteiger partial charge in [-0.15, -0.1) is 0 Å². The van der Waals surface area contributed by atoms with Gasteiger partial charge in [-0.1, -0.05) is 0 Å². The minimum absolute atomic E-state index is 0.0448. The van der Waals surface area contributed by atoms with E-state index in [1.54, 1.807) is 16.6 Å². The van der Waals surface area contributed by atoms with Crippen molar-refractivity contribution in [2.24, 2.45) is 7.05 Å². The Kier molecular flexibility index (Phi) is 6.99. The minimum atomic E-state index is -0.956. The van der Waals surface area contributed by atoms with Gasteiger partial charge in [-0.25, -0.2) is 8.78 Å². The molecule has 10 heteroatoms. The smallest absolute Gasteiger partial charge is 0.242 e. The van der Waals surface area contributed by atoms with Gasteiger partial charge in [-0.3, -0.25) is 14.3 Å². The van der Waals surface area contributed by atoms with Crippen molar-refractivity contribution in [1.82, 2.24) is 20.0 Å². The van der Waals surface area contributed by atoms with Crippen molar-refractivity contribution >= 4 is 11.8 Å².